The molecular weight excluding hydrogens is 198 g/mol. The third kappa shape index (κ3) is 3.43. The number of hydrogen-bond acceptors (Lipinski definition) is 1. The molecular formula is C14H19NO. The lowest BCUT2D eigenvalue weighted by atomic mass is 10.2. The lowest BCUT2D eigenvalue weighted by Gasteiger charge is -2.01. The molecule has 0 radical (unpaired) electrons. The minimum Gasteiger partial charge on any atom is -0.342 e. The smallest absolute Gasteiger partial charge is 0.176 e. The Hall–Kier alpha value is -1.75. The number of carbonyl (C=O) groups is 1. The van der Waals surface area contributed by atoms with Crippen molar-refractivity contribution in [1.82, 2.24) is 4.57 Å². The van der Waals surface area contributed by atoms with Crippen molar-refractivity contribution in [2.24, 2.45) is 7.05 Å². The Balaban J connectivity index is 0.000000673. The number of ketones is 1. The van der Waals surface area contributed by atoms with E-state index in [0.717, 1.165) is 17.0 Å². The highest BCUT2D eigenvalue weighted by Gasteiger charge is 2.09. The van der Waals surface area contributed by atoms with Gasteiger partial charge in [0.2, 0.25) is 0 Å². The second-order valence-electron chi connectivity index (χ2n) is 3.50. The average Bonchev–Trinajstić information content (AvgIpc) is 2.47. The van der Waals surface area contributed by atoms with Crippen LogP contribution in [0.3, 0.4) is 0 Å². The van der Waals surface area contributed by atoms with Crippen LogP contribution in [0, 0.1) is 19.3 Å². The summed E-state index contributed by atoms with van der Waals surface area (Å²) >= 11 is 0. The van der Waals surface area contributed by atoms with Crippen molar-refractivity contribution >= 4 is 11.9 Å². The molecule has 2 nitrogen and oxygen atoms in total. The van der Waals surface area contributed by atoms with Gasteiger partial charge in [0.1, 0.15) is 0 Å². The number of aryl methyl sites for hydroxylation is 1. The number of allylic oxidation sites excluding steroid dienone is 1. The Morgan fingerprint density at radius 2 is 2.06 bits per heavy atom. The first-order chi connectivity index (χ1) is 7.49. The standard InChI is InChI=1S/C11H15NO.C3H4/c1-5-6-10-8(2)7-11(9(3)13)12(10)4;1-3-2/h5-7H,1-4H3;1H,2H3/b6-5-;. The largest absolute Gasteiger partial charge is 0.342 e. The molecule has 0 N–H and O–H groups in total. The van der Waals surface area contributed by atoms with Crippen molar-refractivity contribution in [3.8, 4) is 12.3 Å². The fraction of sp³-hybridized carbons (Fsp3) is 0.357. The van der Waals surface area contributed by atoms with Gasteiger partial charge in [0.05, 0.1) is 5.69 Å². The quantitative estimate of drug-likeness (QED) is 0.550. The molecule has 0 aliphatic rings. The van der Waals surface area contributed by atoms with E-state index in [-0.39, 0.29) is 5.78 Å². The van der Waals surface area contributed by atoms with Gasteiger partial charge < -0.3 is 4.57 Å². The molecule has 86 valence electrons. The van der Waals surface area contributed by atoms with Crippen LogP contribution in [-0.2, 0) is 7.05 Å². The van der Waals surface area contributed by atoms with Crippen LogP contribution in [0.25, 0.3) is 6.08 Å². The minimum atomic E-state index is 0.112. The number of Topliss-reactive ketones (excluding diaryl/α,β-unsaturated/α-hetero) is 1. The Bertz CT molecular complexity index is 430. The molecule has 1 rings (SSSR count). The van der Waals surface area contributed by atoms with Crippen LogP contribution in [0.1, 0.15) is 42.5 Å². The topological polar surface area (TPSA) is 22.0 Å². The average molecular weight is 217 g/mol. The zero-order chi connectivity index (χ0) is 12.7. The predicted molar refractivity (Wildman–Crippen MR) is 69.4 cm³/mol. The van der Waals surface area contributed by atoms with Crippen LogP contribution in [0.15, 0.2) is 12.1 Å². The van der Waals surface area contributed by atoms with E-state index in [1.54, 1.807) is 13.8 Å². The van der Waals surface area contributed by atoms with Crippen LogP contribution in [0.5, 0.6) is 0 Å². The Labute approximate surface area is 98.0 Å². The summed E-state index contributed by atoms with van der Waals surface area (Å²) in [6.07, 6.45) is 8.59. The van der Waals surface area contributed by atoms with Crippen molar-refractivity contribution in [2.75, 3.05) is 0 Å². The molecule has 0 unspecified atom stereocenters. The van der Waals surface area contributed by atoms with Gasteiger partial charge in [-0.3, -0.25) is 4.79 Å². The fourth-order valence-corrected chi connectivity index (χ4v) is 1.51. The van der Waals surface area contributed by atoms with E-state index in [2.05, 4.69) is 12.3 Å². The third-order valence-corrected chi connectivity index (χ3v) is 2.17. The number of nitrogens with zero attached hydrogens (tertiary/aromatic N) is 1. The van der Waals surface area contributed by atoms with Gasteiger partial charge in [-0.15, -0.1) is 12.3 Å². The van der Waals surface area contributed by atoms with E-state index < -0.39 is 0 Å². The van der Waals surface area contributed by atoms with E-state index in [4.69, 9.17) is 0 Å². The third-order valence-electron chi connectivity index (χ3n) is 2.17. The maximum Gasteiger partial charge on any atom is 0.176 e. The maximum absolute atomic E-state index is 11.2. The van der Waals surface area contributed by atoms with E-state index >= 15 is 0 Å². The number of hydrogen-bond donors (Lipinski definition) is 0. The molecule has 0 aliphatic heterocycles. The summed E-state index contributed by atoms with van der Waals surface area (Å²) in [5, 5.41) is 0. The monoisotopic (exact) mass is 217 g/mol. The van der Waals surface area contributed by atoms with E-state index in [0.29, 0.717) is 0 Å². The van der Waals surface area contributed by atoms with Crippen molar-refractivity contribution in [1.29, 1.82) is 0 Å². The first kappa shape index (κ1) is 14.2. The summed E-state index contributed by atoms with van der Waals surface area (Å²) in [6.45, 7) is 7.23. The summed E-state index contributed by atoms with van der Waals surface area (Å²) < 4.78 is 1.93. The van der Waals surface area contributed by atoms with Crippen molar-refractivity contribution < 1.29 is 4.79 Å². The van der Waals surface area contributed by atoms with E-state index in [9.17, 15) is 4.79 Å². The predicted octanol–water partition coefficient (Wildman–Crippen LogP) is 3.21. The minimum absolute atomic E-state index is 0.112. The Kier molecular flexibility index (Phi) is 5.95. The molecule has 0 saturated heterocycles. The maximum atomic E-state index is 11.2. The molecule has 2 heteroatoms. The zero-order valence-electron chi connectivity index (χ0n) is 10.7. The summed E-state index contributed by atoms with van der Waals surface area (Å²) in [6, 6.07) is 1.93. The van der Waals surface area contributed by atoms with Gasteiger partial charge in [0, 0.05) is 19.7 Å². The molecule has 1 aromatic heterocycles. The normalized spacial score (nSPS) is 9.50. The van der Waals surface area contributed by atoms with Gasteiger partial charge in [-0.05, 0) is 38.5 Å². The molecule has 0 saturated carbocycles. The highest BCUT2D eigenvalue weighted by molar-refractivity contribution is 5.93. The van der Waals surface area contributed by atoms with Gasteiger partial charge >= 0.3 is 0 Å². The van der Waals surface area contributed by atoms with E-state index in [1.165, 1.54) is 0 Å². The van der Waals surface area contributed by atoms with Crippen LogP contribution < -0.4 is 0 Å². The Morgan fingerprint density at radius 3 is 2.38 bits per heavy atom. The number of aromatic nitrogens is 1. The summed E-state index contributed by atoms with van der Waals surface area (Å²) in [5.74, 6) is 2.36. The van der Waals surface area contributed by atoms with E-state index in [1.807, 2.05) is 43.7 Å². The molecule has 0 bridgehead atoms. The molecule has 0 spiro atoms. The molecule has 16 heavy (non-hydrogen) atoms. The first-order valence-electron chi connectivity index (χ1n) is 5.16. The summed E-state index contributed by atoms with van der Waals surface area (Å²) in [7, 11) is 1.92. The molecule has 1 heterocycles. The van der Waals surface area contributed by atoms with Crippen LogP contribution in [0.4, 0.5) is 0 Å². The van der Waals surface area contributed by atoms with Gasteiger partial charge in [0.25, 0.3) is 0 Å². The highest BCUT2D eigenvalue weighted by Crippen LogP contribution is 2.15. The van der Waals surface area contributed by atoms with Crippen molar-refractivity contribution in [2.45, 2.75) is 27.7 Å². The van der Waals surface area contributed by atoms with Gasteiger partial charge in [-0.2, -0.15) is 0 Å². The molecule has 0 aromatic carbocycles. The number of carbonyl (C=O) groups excluding carboxylic acids is 1. The van der Waals surface area contributed by atoms with Gasteiger partial charge in [-0.1, -0.05) is 6.08 Å². The van der Waals surface area contributed by atoms with Crippen LogP contribution >= 0.6 is 0 Å². The molecule has 0 aliphatic carbocycles. The summed E-state index contributed by atoms with van der Waals surface area (Å²) in [4.78, 5) is 11.2. The van der Waals surface area contributed by atoms with Gasteiger partial charge in [0.15, 0.2) is 5.78 Å². The SMILES string of the molecule is C#CC.C/C=C\c1c(C)cc(C(C)=O)n1C. The van der Waals surface area contributed by atoms with Crippen LogP contribution in [0.2, 0.25) is 0 Å². The highest BCUT2D eigenvalue weighted by atomic mass is 16.1. The van der Waals surface area contributed by atoms with Crippen LogP contribution in [-0.4, -0.2) is 10.4 Å². The molecule has 0 amide bonds. The zero-order valence-corrected chi connectivity index (χ0v) is 10.7. The Morgan fingerprint density at radius 1 is 1.56 bits per heavy atom. The lowest BCUT2D eigenvalue weighted by Crippen LogP contribution is -2.02. The second-order valence-corrected chi connectivity index (χ2v) is 3.50. The van der Waals surface area contributed by atoms with Gasteiger partial charge in [-0.25, -0.2) is 0 Å². The number of terminal acetylenes is 1. The molecule has 0 fully saturated rings. The molecule has 0 atom stereocenters. The van der Waals surface area contributed by atoms with Crippen molar-refractivity contribution in [3.63, 3.8) is 0 Å². The second kappa shape index (κ2) is 6.68. The number of rotatable bonds is 2. The summed E-state index contributed by atoms with van der Waals surface area (Å²) in [5.41, 5.74) is 3.02. The lowest BCUT2D eigenvalue weighted by molar-refractivity contribution is 0.101. The van der Waals surface area contributed by atoms with Crippen molar-refractivity contribution in [3.05, 3.63) is 29.1 Å². The fourth-order valence-electron chi connectivity index (χ4n) is 1.51. The first-order valence-corrected chi connectivity index (χ1v) is 5.16. The molecule has 1 aromatic rings.